The minimum absolute atomic E-state index is 0.498. The fourth-order valence-corrected chi connectivity index (χ4v) is 3.05. The van der Waals surface area contributed by atoms with E-state index in [1.807, 2.05) is 0 Å². The molecule has 1 saturated heterocycles. The molecule has 0 saturated carbocycles. The van der Waals surface area contributed by atoms with Crippen LogP contribution >= 0.6 is 0 Å². The summed E-state index contributed by atoms with van der Waals surface area (Å²) in [7, 11) is 0. The van der Waals surface area contributed by atoms with Gasteiger partial charge < -0.3 is 9.73 Å². The number of hydrogen-bond donors (Lipinski definition) is 1. The van der Waals surface area contributed by atoms with Gasteiger partial charge in [-0.1, -0.05) is 27.7 Å². The van der Waals surface area contributed by atoms with Crippen LogP contribution in [0.5, 0.6) is 0 Å². The van der Waals surface area contributed by atoms with Crippen molar-refractivity contribution in [1.82, 2.24) is 10.2 Å². The van der Waals surface area contributed by atoms with Crippen LogP contribution in [-0.2, 0) is 13.1 Å². The molecule has 1 N–H and O–H groups in total. The zero-order chi connectivity index (χ0) is 13.8. The maximum Gasteiger partial charge on any atom is 0.118 e. The van der Waals surface area contributed by atoms with Gasteiger partial charge in [0.25, 0.3) is 0 Å². The molecule has 0 amide bonds. The van der Waals surface area contributed by atoms with Gasteiger partial charge in [-0.3, -0.25) is 4.90 Å². The summed E-state index contributed by atoms with van der Waals surface area (Å²) in [6.07, 6.45) is 1.36. The summed E-state index contributed by atoms with van der Waals surface area (Å²) < 4.78 is 5.90. The van der Waals surface area contributed by atoms with Crippen LogP contribution in [0.1, 0.15) is 45.6 Å². The van der Waals surface area contributed by atoms with Gasteiger partial charge in [0.1, 0.15) is 11.5 Å². The zero-order valence-electron chi connectivity index (χ0n) is 12.8. The van der Waals surface area contributed by atoms with Gasteiger partial charge in [0, 0.05) is 19.1 Å². The fraction of sp³-hybridized carbons (Fsp3) is 0.750. The average Bonchev–Trinajstić information content (AvgIpc) is 2.72. The fourth-order valence-electron chi connectivity index (χ4n) is 3.05. The summed E-state index contributed by atoms with van der Waals surface area (Å²) >= 11 is 0. The Morgan fingerprint density at radius 2 is 1.84 bits per heavy atom. The van der Waals surface area contributed by atoms with Crippen LogP contribution in [0.2, 0.25) is 0 Å². The highest BCUT2D eigenvalue weighted by Gasteiger charge is 2.22. The molecule has 0 aromatic carbocycles. The Morgan fingerprint density at radius 1 is 1.21 bits per heavy atom. The summed E-state index contributed by atoms with van der Waals surface area (Å²) in [5.74, 6) is 3.75. The van der Waals surface area contributed by atoms with E-state index in [1.165, 1.54) is 19.5 Å². The Labute approximate surface area is 117 Å². The van der Waals surface area contributed by atoms with Crippen molar-refractivity contribution in [3.63, 3.8) is 0 Å². The van der Waals surface area contributed by atoms with E-state index in [-0.39, 0.29) is 0 Å². The number of likely N-dealkylation sites (tertiary alicyclic amines) is 1. The Kier molecular flexibility index (Phi) is 5.06. The van der Waals surface area contributed by atoms with Crippen molar-refractivity contribution in [3.8, 4) is 0 Å². The number of nitrogens with one attached hydrogen (secondary N) is 1. The highest BCUT2D eigenvalue weighted by atomic mass is 16.3. The Morgan fingerprint density at radius 3 is 2.47 bits per heavy atom. The van der Waals surface area contributed by atoms with Gasteiger partial charge in [0.05, 0.1) is 13.1 Å². The summed E-state index contributed by atoms with van der Waals surface area (Å²) in [6.45, 7) is 13.2. The molecule has 1 aliphatic heterocycles. The Hall–Kier alpha value is -0.800. The van der Waals surface area contributed by atoms with Crippen molar-refractivity contribution in [2.75, 3.05) is 13.1 Å². The number of hydrogen-bond acceptors (Lipinski definition) is 3. The number of nitrogens with zero attached hydrogens (tertiary/aromatic N) is 1. The predicted molar refractivity (Wildman–Crippen MR) is 78.9 cm³/mol. The average molecular weight is 264 g/mol. The predicted octanol–water partition coefficient (Wildman–Crippen LogP) is 3.26. The number of furan rings is 1. The van der Waals surface area contributed by atoms with Gasteiger partial charge in [-0.15, -0.1) is 0 Å². The van der Waals surface area contributed by atoms with Crippen LogP contribution in [0.15, 0.2) is 16.5 Å². The van der Waals surface area contributed by atoms with E-state index >= 15 is 0 Å². The second-order valence-corrected chi connectivity index (χ2v) is 6.54. The van der Waals surface area contributed by atoms with Gasteiger partial charge in [0.2, 0.25) is 0 Å². The third-order valence-corrected chi connectivity index (χ3v) is 3.73. The van der Waals surface area contributed by atoms with Crippen molar-refractivity contribution in [2.45, 2.75) is 53.2 Å². The van der Waals surface area contributed by atoms with Crippen molar-refractivity contribution in [3.05, 3.63) is 23.7 Å². The van der Waals surface area contributed by atoms with Crippen molar-refractivity contribution < 1.29 is 4.42 Å². The molecule has 0 radical (unpaired) electrons. The van der Waals surface area contributed by atoms with Crippen LogP contribution in [0.4, 0.5) is 0 Å². The standard InChI is InChI=1S/C16H28N2O/c1-12(2)17-8-15-5-6-16(19-15)11-18-9-13(3)7-14(4)10-18/h5-6,12-14,17H,7-11H2,1-4H3. The quantitative estimate of drug-likeness (QED) is 0.885. The first-order valence-electron chi connectivity index (χ1n) is 7.56. The van der Waals surface area contributed by atoms with E-state index in [0.717, 1.165) is 36.4 Å². The minimum atomic E-state index is 0.498. The van der Waals surface area contributed by atoms with Crippen LogP contribution in [0.25, 0.3) is 0 Å². The van der Waals surface area contributed by atoms with Gasteiger partial charge >= 0.3 is 0 Å². The molecule has 0 aliphatic carbocycles. The first-order valence-corrected chi connectivity index (χ1v) is 7.56. The molecular formula is C16H28N2O. The highest BCUT2D eigenvalue weighted by molar-refractivity contribution is 5.07. The first-order chi connectivity index (χ1) is 9.02. The minimum Gasteiger partial charge on any atom is -0.463 e. The molecule has 2 rings (SSSR count). The second kappa shape index (κ2) is 6.58. The SMILES string of the molecule is CC1CC(C)CN(Cc2ccc(CNC(C)C)o2)C1. The molecule has 0 bridgehead atoms. The van der Waals surface area contributed by atoms with E-state index in [9.17, 15) is 0 Å². The molecule has 3 nitrogen and oxygen atoms in total. The lowest BCUT2D eigenvalue weighted by atomic mass is 9.92. The zero-order valence-corrected chi connectivity index (χ0v) is 12.8. The molecule has 108 valence electrons. The van der Waals surface area contributed by atoms with Gasteiger partial charge in [-0.2, -0.15) is 0 Å². The Bertz CT molecular complexity index is 376. The monoisotopic (exact) mass is 264 g/mol. The van der Waals surface area contributed by atoms with Crippen molar-refractivity contribution in [1.29, 1.82) is 0 Å². The molecule has 2 heterocycles. The van der Waals surface area contributed by atoms with Gasteiger partial charge in [-0.25, -0.2) is 0 Å². The smallest absolute Gasteiger partial charge is 0.118 e. The second-order valence-electron chi connectivity index (χ2n) is 6.54. The number of rotatable bonds is 5. The first kappa shape index (κ1) is 14.6. The maximum absolute atomic E-state index is 5.90. The normalized spacial score (nSPS) is 25.1. The molecule has 2 atom stereocenters. The summed E-state index contributed by atoms with van der Waals surface area (Å²) in [4.78, 5) is 2.53. The lowest BCUT2D eigenvalue weighted by molar-refractivity contribution is 0.125. The molecule has 1 aromatic heterocycles. The molecule has 2 unspecified atom stereocenters. The lowest BCUT2D eigenvalue weighted by Crippen LogP contribution is -2.37. The maximum atomic E-state index is 5.90. The van der Waals surface area contributed by atoms with Crippen LogP contribution in [0, 0.1) is 11.8 Å². The molecule has 3 heteroatoms. The van der Waals surface area contributed by atoms with E-state index in [4.69, 9.17) is 4.42 Å². The van der Waals surface area contributed by atoms with Crippen molar-refractivity contribution in [2.24, 2.45) is 11.8 Å². The number of piperidine rings is 1. The van der Waals surface area contributed by atoms with Crippen LogP contribution in [-0.4, -0.2) is 24.0 Å². The largest absolute Gasteiger partial charge is 0.463 e. The molecule has 1 fully saturated rings. The topological polar surface area (TPSA) is 28.4 Å². The molecule has 0 spiro atoms. The summed E-state index contributed by atoms with van der Waals surface area (Å²) in [6, 6.07) is 4.72. The van der Waals surface area contributed by atoms with E-state index in [0.29, 0.717) is 6.04 Å². The summed E-state index contributed by atoms with van der Waals surface area (Å²) in [5.41, 5.74) is 0. The van der Waals surface area contributed by atoms with Gasteiger partial charge in [-0.05, 0) is 30.4 Å². The highest BCUT2D eigenvalue weighted by Crippen LogP contribution is 2.23. The van der Waals surface area contributed by atoms with E-state index in [1.54, 1.807) is 0 Å². The third-order valence-electron chi connectivity index (χ3n) is 3.73. The van der Waals surface area contributed by atoms with E-state index < -0.39 is 0 Å². The van der Waals surface area contributed by atoms with Crippen LogP contribution in [0.3, 0.4) is 0 Å². The Balaban J connectivity index is 1.85. The third kappa shape index (κ3) is 4.66. The summed E-state index contributed by atoms with van der Waals surface area (Å²) in [5, 5.41) is 3.39. The molecule has 1 aromatic rings. The molecule has 19 heavy (non-hydrogen) atoms. The molecular weight excluding hydrogens is 236 g/mol. The van der Waals surface area contributed by atoms with Crippen molar-refractivity contribution >= 4 is 0 Å². The molecule has 1 aliphatic rings. The van der Waals surface area contributed by atoms with Gasteiger partial charge in [0.15, 0.2) is 0 Å². The lowest BCUT2D eigenvalue weighted by Gasteiger charge is -2.34. The van der Waals surface area contributed by atoms with Crippen LogP contribution < -0.4 is 5.32 Å². The van der Waals surface area contributed by atoms with E-state index in [2.05, 4.69) is 50.0 Å².